The van der Waals surface area contributed by atoms with E-state index in [4.69, 9.17) is 0 Å². The zero-order valence-electron chi connectivity index (χ0n) is 40.1. The monoisotopic (exact) mass is 925 g/mol. The predicted octanol–water partition coefficient (Wildman–Crippen LogP) is 16.2. The molecule has 5 heteroatoms. The van der Waals surface area contributed by atoms with E-state index in [-0.39, 0.29) is 17.5 Å². The third-order valence-corrected chi connectivity index (χ3v) is 17.5. The quantitative estimate of drug-likeness (QED) is 0.159. The second-order valence-corrected chi connectivity index (χ2v) is 21.9. The molecule has 0 saturated carbocycles. The maximum absolute atomic E-state index is 2.63. The number of rotatable bonds is 5. The molecule has 0 radical (unpaired) electrons. The van der Waals surface area contributed by atoms with Gasteiger partial charge in [-0.15, -0.1) is 11.3 Å². The van der Waals surface area contributed by atoms with Crippen LogP contribution in [0.5, 0.6) is 0 Å². The highest BCUT2D eigenvalue weighted by Gasteiger charge is 2.50. The number of thiophene rings is 1. The maximum atomic E-state index is 2.63. The molecule has 11 aromatic rings. The molecule has 71 heavy (non-hydrogen) atoms. The van der Waals surface area contributed by atoms with E-state index in [1.54, 1.807) is 0 Å². The standard InChI is InChI=1S/C66H48BN3S/c1-65(2)48-30-17-14-27-45(48)59-50(65)35-37-52-63(59)69(42-23-10-6-11-24-42)55-39-44(68(41-21-8-5-9-22-41)54-32-20-34-58-61(54)47-29-16-19-33-57(47)71-58)40-56-62(55)67(52)53-38-36-51-60(46-28-15-18-31-49(46)66(51,3)4)64(53)70(56)43-25-12-7-13-26-43/h5-40H,1-4H3. The molecule has 0 spiro atoms. The minimum absolute atomic E-state index is 0.0734. The molecule has 336 valence electrons. The lowest BCUT2D eigenvalue weighted by Gasteiger charge is -2.46. The van der Waals surface area contributed by atoms with Crippen molar-refractivity contribution in [3.05, 3.63) is 241 Å². The normalized spacial score (nSPS) is 14.9. The van der Waals surface area contributed by atoms with Gasteiger partial charge in [-0.2, -0.15) is 0 Å². The molecule has 0 saturated heterocycles. The molecule has 0 amide bonds. The Labute approximate surface area is 419 Å². The molecule has 2 aliphatic carbocycles. The van der Waals surface area contributed by atoms with Crippen LogP contribution in [0.1, 0.15) is 49.9 Å². The number of fused-ring (bicyclic) bond motifs is 15. The number of para-hydroxylation sites is 3. The summed E-state index contributed by atoms with van der Waals surface area (Å²) in [6, 6.07) is 82.4. The molecule has 0 N–H and O–H groups in total. The van der Waals surface area contributed by atoms with Gasteiger partial charge in [0.1, 0.15) is 0 Å². The summed E-state index contributed by atoms with van der Waals surface area (Å²) in [5.74, 6) is 0. The molecule has 0 atom stereocenters. The molecular formula is C66H48BN3S. The van der Waals surface area contributed by atoms with Gasteiger partial charge in [-0.1, -0.05) is 179 Å². The number of nitrogens with zero attached hydrogens (tertiary/aromatic N) is 3. The highest BCUT2D eigenvalue weighted by atomic mass is 32.1. The van der Waals surface area contributed by atoms with Crippen molar-refractivity contribution in [1.82, 2.24) is 0 Å². The molecular weight excluding hydrogens is 878 g/mol. The Morgan fingerprint density at radius 1 is 0.423 bits per heavy atom. The van der Waals surface area contributed by atoms with Gasteiger partial charge < -0.3 is 14.7 Å². The van der Waals surface area contributed by atoms with Crippen molar-refractivity contribution < 1.29 is 0 Å². The van der Waals surface area contributed by atoms with Crippen LogP contribution in [0.4, 0.5) is 51.2 Å². The first-order chi connectivity index (χ1) is 34.8. The number of hydrogen-bond acceptors (Lipinski definition) is 4. The average Bonchev–Trinajstić information content (AvgIpc) is 3.99. The minimum Gasteiger partial charge on any atom is -0.311 e. The van der Waals surface area contributed by atoms with E-state index in [1.807, 2.05) is 11.3 Å². The Bertz CT molecular complexity index is 3850. The first-order valence-electron chi connectivity index (χ1n) is 25.0. The lowest BCUT2D eigenvalue weighted by molar-refractivity contribution is 0.660. The van der Waals surface area contributed by atoms with Crippen LogP contribution in [-0.2, 0) is 10.8 Å². The van der Waals surface area contributed by atoms with E-state index in [0.717, 1.165) is 28.4 Å². The van der Waals surface area contributed by atoms with Crippen LogP contribution in [0.3, 0.4) is 0 Å². The largest absolute Gasteiger partial charge is 0.311 e. The molecule has 4 aliphatic rings. The van der Waals surface area contributed by atoms with Crippen molar-refractivity contribution in [2.75, 3.05) is 14.7 Å². The van der Waals surface area contributed by atoms with Crippen LogP contribution in [0.2, 0.25) is 0 Å². The Hall–Kier alpha value is -8.12. The first-order valence-corrected chi connectivity index (χ1v) is 25.8. The highest BCUT2D eigenvalue weighted by molar-refractivity contribution is 7.26. The molecule has 0 bridgehead atoms. The zero-order chi connectivity index (χ0) is 47.3. The fourth-order valence-corrected chi connectivity index (χ4v) is 14.4. The Morgan fingerprint density at radius 2 is 0.901 bits per heavy atom. The Kier molecular flexibility index (Phi) is 8.44. The Balaban J connectivity index is 1.13. The van der Waals surface area contributed by atoms with Crippen LogP contribution < -0.4 is 31.1 Å². The van der Waals surface area contributed by atoms with E-state index in [2.05, 4.69) is 261 Å². The molecule has 3 heterocycles. The van der Waals surface area contributed by atoms with Gasteiger partial charge in [-0.3, -0.25) is 0 Å². The second kappa shape index (κ2) is 14.7. The van der Waals surface area contributed by atoms with Gasteiger partial charge in [0, 0.05) is 81.9 Å². The van der Waals surface area contributed by atoms with Gasteiger partial charge in [0.25, 0.3) is 6.71 Å². The molecule has 15 rings (SSSR count). The molecule has 0 unspecified atom stereocenters. The van der Waals surface area contributed by atoms with Crippen LogP contribution in [0.25, 0.3) is 42.4 Å². The fourth-order valence-electron chi connectivity index (χ4n) is 13.3. The van der Waals surface area contributed by atoms with E-state index in [0.29, 0.717) is 0 Å². The molecule has 1 aromatic heterocycles. The molecule has 2 aliphatic heterocycles. The van der Waals surface area contributed by atoms with Gasteiger partial charge in [-0.05, 0) is 116 Å². The SMILES string of the molecule is CC1(C)c2ccccc2-c2c1ccc1c2N(c2ccccc2)c2cc(N(c3ccccc3)c3cccc4sc5ccccc5c34)cc3c2B1c1ccc2c(c1N3c1ccccc1)-c1ccccc1C2(C)C. The summed E-state index contributed by atoms with van der Waals surface area (Å²) in [6.07, 6.45) is 0. The van der Waals surface area contributed by atoms with Gasteiger partial charge in [-0.25, -0.2) is 0 Å². The fraction of sp³-hybridized carbons (Fsp3) is 0.0909. The van der Waals surface area contributed by atoms with E-state index < -0.39 is 0 Å². The van der Waals surface area contributed by atoms with Crippen molar-refractivity contribution in [2.45, 2.75) is 38.5 Å². The van der Waals surface area contributed by atoms with Crippen LogP contribution in [0.15, 0.2) is 218 Å². The van der Waals surface area contributed by atoms with Crippen LogP contribution in [0, 0.1) is 0 Å². The van der Waals surface area contributed by atoms with Gasteiger partial charge >= 0.3 is 0 Å². The number of hydrogen-bond donors (Lipinski definition) is 0. The predicted molar refractivity (Wildman–Crippen MR) is 303 cm³/mol. The third kappa shape index (κ3) is 5.50. The lowest BCUT2D eigenvalue weighted by Crippen LogP contribution is -2.61. The summed E-state index contributed by atoms with van der Waals surface area (Å²) >= 11 is 1.87. The lowest BCUT2D eigenvalue weighted by atomic mass is 9.33. The van der Waals surface area contributed by atoms with E-state index in [1.165, 1.54) is 104 Å². The summed E-state index contributed by atoms with van der Waals surface area (Å²) in [5.41, 5.74) is 24.9. The maximum Gasteiger partial charge on any atom is 0.252 e. The second-order valence-electron chi connectivity index (χ2n) is 20.8. The minimum atomic E-state index is -0.187. The molecule has 3 nitrogen and oxygen atoms in total. The number of anilines is 9. The van der Waals surface area contributed by atoms with Gasteiger partial charge in [0.15, 0.2) is 0 Å². The summed E-state index contributed by atoms with van der Waals surface area (Å²) in [6.45, 7) is 9.56. The third-order valence-electron chi connectivity index (χ3n) is 16.4. The summed E-state index contributed by atoms with van der Waals surface area (Å²) in [4.78, 5) is 7.80. The van der Waals surface area contributed by atoms with Crippen molar-refractivity contribution in [2.24, 2.45) is 0 Å². The smallest absolute Gasteiger partial charge is 0.252 e. The van der Waals surface area contributed by atoms with Crippen molar-refractivity contribution in [3.8, 4) is 22.3 Å². The molecule has 10 aromatic carbocycles. The highest BCUT2D eigenvalue weighted by Crippen LogP contribution is 2.59. The summed E-state index contributed by atoms with van der Waals surface area (Å²) < 4.78 is 2.57. The van der Waals surface area contributed by atoms with Crippen molar-refractivity contribution >= 4 is 106 Å². The van der Waals surface area contributed by atoms with Crippen LogP contribution in [-0.4, -0.2) is 6.71 Å². The van der Waals surface area contributed by atoms with Gasteiger partial charge in [0.2, 0.25) is 0 Å². The average molecular weight is 926 g/mol. The zero-order valence-corrected chi connectivity index (χ0v) is 40.9. The first kappa shape index (κ1) is 40.7. The topological polar surface area (TPSA) is 9.72 Å². The van der Waals surface area contributed by atoms with E-state index in [9.17, 15) is 0 Å². The van der Waals surface area contributed by atoms with Gasteiger partial charge in [0.05, 0.1) is 11.4 Å². The summed E-state index contributed by atoms with van der Waals surface area (Å²) in [7, 11) is 0. The van der Waals surface area contributed by atoms with Crippen LogP contribution >= 0.6 is 11.3 Å². The number of benzene rings is 10. The van der Waals surface area contributed by atoms with Crippen molar-refractivity contribution in [1.29, 1.82) is 0 Å². The Morgan fingerprint density at radius 3 is 1.46 bits per heavy atom. The summed E-state index contributed by atoms with van der Waals surface area (Å²) in [5, 5.41) is 2.54. The van der Waals surface area contributed by atoms with E-state index >= 15 is 0 Å². The van der Waals surface area contributed by atoms with Crippen molar-refractivity contribution in [3.63, 3.8) is 0 Å². The molecule has 0 fully saturated rings.